The van der Waals surface area contributed by atoms with Crippen molar-refractivity contribution < 1.29 is 13.2 Å². The van der Waals surface area contributed by atoms with Gasteiger partial charge in [-0.15, -0.1) is 10.2 Å². The zero-order valence-corrected chi connectivity index (χ0v) is 22.5. The Morgan fingerprint density at radius 3 is 2.00 bits per heavy atom. The first-order chi connectivity index (χ1) is 15.6. The number of benzene rings is 2. The highest BCUT2D eigenvalue weighted by Gasteiger charge is 2.23. The van der Waals surface area contributed by atoms with Crippen LogP contribution in [0.2, 0.25) is 0 Å². The number of hydrogen-bond donors (Lipinski definition) is 1. The van der Waals surface area contributed by atoms with Gasteiger partial charge in [0.2, 0.25) is 5.13 Å². The van der Waals surface area contributed by atoms with E-state index in [9.17, 15) is 13.2 Å². The molecule has 0 bridgehead atoms. The molecule has 1 N–H and O–H groups in total. The van der Waals surface area contributed by atoms with Crippen LogP contribution >= 0.6 is 11.3 Å². The monoisotopic (exact) mass is 499 g/mol. The summed E-state index contributed by atoms with van der Waals surface area (Å²) in [5.74, 6) is -0.326. The van der Waals surface area contributed by atoms with Crippen molar-refractivity contribution in [1.29, 1.82) is 0 Å². The number of aromatic nitrogens is 2. The van der Waals surface area contributed by atoms with Gasteiger partial charge in [0.05, 0.1) is 10.6 Å². The summed E-state index contributed by atoms with van der Waals surface area (Å²) in [5.41, 5.74) is 3.54. The van der Waals surface area contributed by atoms with E-state index in [0.29, 0.717) is 20.6 Å². The molecule has 0 aliphatic carbocycles. The normalized spacial score (nSPS) is 12.6. The Hall–Kier alpha value is -2.58. The maximum atomic E-state index is 13.0. The second-order valence-corrected chi connectivity index (χ2v) is 13.8. The van der Waals surface area contributed by atoms with Crippen LogP contribution in [0.15, 0.2) is 47.4 Å². The summed E-state index contributed by atoms with van der Waals surface area (Å²) in [6.07, 6.45) is 0.234. The van der Waals surface area contributed by atoms with Crippen molar-refractivity contribution in [3.63, 3.8) is 0 Å². The summed E-state index contributed by atoms with van der Waals surface area (Å²) in [6, 6.07) is 12.8. The summed E-state index contributed by atoms with van der Waals surface area (Å²) in [6.45, 7) is 14.7. The van der Waals surface area contributed by atoms with Crippen LogP contribution in [0.1, 0.15) is 73.6 Å². The third kappa shape index (κ3) is 6.51. The first kappa shape index (κ1) is 26.0. The number of carbonyl (C=O) groups is 1. The zero-order chi connectivity index (χ0) is 25.3. The van der Waals surface area contributed by atoms with Gasteiger partial charge in [-0.2, -0.15) is 0 Å². The zero-order valence-electron chi connectivity index (χ0n) is 20.9. The van der Waals surface area contributed by atoms with Crippen LogP contribution in [0.25, 0.3) is 0 Å². The maximum Gasteiger partial charge on any atom is 0.257 e. The number of amides is 1. The number of nitrogens with one attached hydrogen (secondary N) is 1. The Labute approximate surface area is 206 Å². The Morgan fingerprint density at radius 2 is 1.47 bits per heavy atom. The van der Waals surface area contributed by atoms with Gasteiger partial charge in [0.25, 0.3) is 5.91 Å². The molecule has 6 nitrogen and oxygen atoms in total. The molecule has 8 heteroatoms. The highest BCUT2D eigenvalue weighted by atomic mass is 32.2. The lowest BCUT2D eigenvalue weighted by molar-refractivity contribution is 0.102. The Bertz CT molecular complexity index is 1250. The van der Waals surface area contributed by atoms with Gasteiger partial charge in [-0.25, -0.2) is 8.42 Å². The fourth-order valence-corrected chi connectivity index (χ4v) is 5.40. The highest BCUT2D eigenvalue weighted by Crippen LogP contribution is 2.31. The summed E-state index contributed by atoms with van der Waals surface area (Å²) in [5, 5.41) is 11.9. The van der Waals surface area contributed by atoms with Crippen molar-refractivity contribution >= 4 is 32.2 Å². The molecule has 1 amide bonds. The van der Waals surface area contributed by atoms with Crippen LogP contribution in [0.4, 0.5) is 5.13 Å². The van der Waals surface area contributed by atoms with Crippen LogP contribution < -0.4 is 5.32 Å². The SMILES string of the molecule is Cc1ccc(S(=O)(=O)CCc2nnc(NC(=O)c3cc(C(C)(C)C)cc(C(C)(C)C)c3)s2)cc1. The second-order valence-electron chi connectivity index (χ2n) is 10.6. The summed E-state index contributed by atoms with van der Waals surface area (Å²) in [7, 11) is -3.42. The van der Waals surface area contributed by atoms with Crippen LogP contribution in [0.3, 0.4) is 0 Å². The molecule has 0 fully saturated rings. The van der Waals surface area contributed by atoms with Crippen LogP contribution in [0, 0.1) is 6.92 Å². The van der Waals surface area contributed by atoms with Gasteiger partial charge < -0.3 is 0 Å². The molecule has 2 aromatic carbocycles. The fourth-order valence-electron chi connectivity index (χ4n) is 3.28. The van der Waals surface area contributed by atoms with Gasteiger partial charge in [-0.3, -0.25) is 10.1 Å². The molecule has 1 aromatic heterocycles. The fraction of sp³-hybridized carbons (Fsp3) is 0.423. The average Bonchev–Trinajstić information content (AvgIpc) is 3.18. The second kappa shape index (κ2) is 9.58. The van der Waals surface area contributed by atoms with Gasteiger partial charge >= 0.3 is 0 Å². The van der Waals surface area contributed by atoms with E-state index in [1.165, 1.54) is 11.3 Å². The predicted molar refractivity (Wildman–Crippen MR) is 139 cm³/mol. The lowest BCUT2D eigenvalue weighted by atomic mass is 9.79. The highest BCUT2D eigenvalue weighted by molar-refractivity contribution is 7.91. The molecule has 3 aromatic rings. The molecule has 1 heterocycles. The first-order valence-corrected chi connectivity index (χ1v) is 13.7. The minimum atomic E-state index is -3.42. The quantitative estimate of drug-likeness (QED) is 0.469. The minimum absolute atomic E-state index is 0.0682. The maximum absolute atomic E-state index is 13.0. The van der Waals surface area contributed by atoms with E-state index in [2.05, 4.69) is 63.1 Å². The Kier molecular flexibility index (Phi) is 7.34. The molecule has 34 heavy (non-hydrogen) atoms. The van der Waals surface area contributed by atoms with Crippen LogP contribution in [-0.4, -0.2) is 30.3 Å². The van der Waals surface area contributed by atoms with Gasteiger partial charge in [-0.1, -0.05) is 76.6 Å². The molecular formula is C26H33N3O3S2. The van der Waals surface area contributed by atoms with Gasteiger partial charge in [0.1, 0.15) is 5.01 Å². The number of rotatable bonds is 6. The summed E-state index contributed by atoms with van der Waals surface area (Å²) >= 11 is 1.20. The predicted octanol–water partition coefficient (Wildman–Crippen LogP) is 5.71. The van der Waals surface area contributed by atoms with Crippen LogP contribution in [0.5, 0.6) is 0 Å². The lowest BCUT2D eigenvalue weighted by Gasteiger charge is -2.26. The van der Waals surface area contributed by atoms with E-state index in [-0.39, 0.29) is 28.9 Å². The van der Waals surface area contributed by atoms with Crippen molar-refractivity contribution in [2.24, 2.45) is 0 Å². The van der Waals surface area contributed by atoms with E-state index in [4.69, 9.17) is 0 Å². The molecule has 0 saturated heterocycles. The number of sulfone groups is 1. The molecule has 0 aliphatic heterocycles. The molecule has 0 aliphatic rings. The smallest absolute Gasteiger partial charge is 0.257 e. The number of anilines is 1. The average molecular weight is 500 g/mol. The van der Waals surface area contributed by atoms with Crippen molar-refractivity contribution in [3.8, 4) is 0 Å². The number of nitrogens with zero attached hydrogens (tertiary/aromatic N) is 2. The number of aryl methyl sites for hydroxylation is 2. The topological polar surface area (TPSA) is 89.0 Å². The van der Waals surface area contributed by atoms with Gasteiger partial charge in [-0.05, 0) is 53.1 Å². The molecular weight excluding hydrogens is 466 g/mol. The standard InChI is InChI=1S/C26H33N3O3S2/c1-17-8-10-21(11-9-17)34(31,32)13-12-22-28-29-24(33-22)27-23(30)18-14-19(25(2,3)4)16-20(15-18)26(5,6)7/h8-11,14-16H,12-13H2,1-7H3,(H,27,29,30). The lowest BCUT2D eigenvalue weighted by Crippen LogP contribution is -2.20. The van der Waals surface area contributed by atoms with E-state index in [0.717, 1.165) is 16.7 Å². The summed E-state index contributed by atoms with van der Waals surface area (Å²) in [4.78, 5) is 13.3. The van der Waals surface area contributed by atoms with E-state index >= 15 is 0 Å². The molecule has 0 atom stereocenters. The van der Waals surface area contributed by atoms with Gasteiger partial charge in [0.15, 0.2) is 9.84 Å². The molecule has 0 radical (unpaired) electrons. The Balaban J connectivity index is 1.74. The van der Waals surface area contributed by atoms with E-state index < -0.39 is 9.84 Å². The summed E-state index contributed by atoms with van der Waals surface area (Å²) < 4.78 is 25.2. The third-order valence-electron chi connectivity index (χ3n) is 5.58. The minimum Gasteiger partial charge on any atom is -0.296 e. The van der Waals surface area contributed by atoms with Crippen molar-refractivity contribution in [2.45, 2.75) is 70.6 Å². The molecule has 0 saturated carbocycles. The molecule has 3 rings (SSSR count). The van der Waals surface area contributed by atoms with Crippen molar-refractivity contribution in [1.82, 2.24) is 10.2 Å². The number of carbonyl (C=O) groups excluding carboxylic acids is 1. The van der Waals surface area contributed by atoms with Gasteiger partial charge in [0, 0.05) is 12.0 Å². The van der Waals surface area contributed by atoms with Crippen molar-refractivity contribution in [2.75, 3.05) is 11.1 Å². The number of hydrogen-bond acceptors (Lipinski definition) is 6. The molecule has 0 spiro atoms. The van der Waals surface area contributed by atoms with Crippen LogP contribution in [-0.2, 0) is 27.1 Å². The van der Waals surface area contributed by atoms with E-state index in [1.807, 2.05) is 19.1 Å². The first-order valence-electron chi connectivity index (χ1n) is 11.2. The largest absolute Gasteiger partial charge is 0.296 e. The van der Waals surface area contributed by atoms with Crippen molar-refractivity contribution in [3.05, 3.63) is 69.7 Å². The molecule has 0 unspecified atom stereocenters. The Morgan fingerprint density at radius 1 is 0.912 bits per heavy atom. The third-order valence-corrected chi connectivity index (χ3v) is 8.21. The molecule has 182 valence electrons. The van der Waals surface area contributed by atoms with E-state index in [1.54, 1.807) is 24.3 Å².